The Kier molecular flexibility index (Phi) is 13.5. The summed E-state index contributed by atoms with van der Waals surface area (Å²) >= 11 is 0. The Balaban J connectivity index is 0.911. The summed E-state index contributed by atoms with van der Waals surface area (Å²) in [4.78, 5) is 5.51. The second-order valence-corrected chi connectivity index (χ2v) is 31.3. The van der Waals surface area contributed by atoms with Crippen LogP contribution >= 0.6 is 0 Å². The van der Waals surface area contributed by atoms with Crippen molar-refractivity contribution < 1.29 is 0 Å². The Morgan fingerprint density at radius 2 is 0.339 bits per heavy atom. The zero-order valence-corrected chi connectivity index (χ0v) is 63.7. The van der Waals surface area contributed by atoms with Crippen LogP contribution in [0.5, 0.6) is 0 Å². The van der Waals surface area contributed by atoms with E-state index in [1.165, 1.54) is 32.6 Å². The molecule has 26 aromatic rings. The lowest BCUT2D eigenvalue weighted by atomic mass is 9.98. The average Bonchev–Trinajstić information content (AvgIpc) is 1.48. The van der Waals surface area contributed by atoms with Gasteiger partial charge in [0.2, 0.25) is 0 Å². The van der Waals surface area contributed by atoms with Crippen molar-refractivity contribution in [2.24, 2.45) is 0 Å². The van der Waals surface area contributed by atoms with Gasteiger partial charge in [0.05, 0.1) is 122 Å². The lowest BCUT2D eigenvalue weighted by molar-refractivity contribution is 0.957. The highest BCUT2D eigenvalue weighted by molar-refractivity contribution is 6.21. The lowest BCUT2D eigenvalue weighted by Crippen LogP contribution is -2.20. The van der Waals surface area contributed by atoms with Gasteiger partial charge in [-0.3, -0.25) is 4.57 Å². The van der Waals surface area contributed by atoms with Gasteiger partial charge in [0.25, 0.3) is 0 Å². The highest BCUT2D eigenvalue weighted by Gasteiger charge is 2.38. The number of rotatable bonds is 10. The normalized spacial score (nSPS) is 12.2. The maximum absolute atomic E-state index is 5.51. The van der Waals surface area contributed by atoms with Crippen LogP contribution in [0.2, 0.25) is 0 Å². The number of nitrogens with zero attached hydrogens (tertiary/aromatic N) is 9. The lowest BCUT2D eigenvalue weighted by Gasteiger charge is -2.32. The third kappa shape index (κ3) is 9.01. The van der Waals surface area contributed by atoms with Crippen molar-refractivity contribution in [1.29, 1.82) is 0 Å². The molecule has 0 radical (unpaired) electrons. The van der Waals surface area contributed by atoms with Crippen molar-refractivity contribution in [3.63, 3.8) is 0 Å². The van der Waals surface area contributed by atoms with Gasteiger partial charge in [-0.15, -0.1) is 0 Å². The van der Waals surface area contributed by atoms with Gasteiger partial charge in [-0.2, -0.15) is 0 Å². The predicted octanol–water partition coefficient (Wildman–Crippen LogP) is 28.0. The summed E-state index contributed by atoms with van der Waals surface area (Å²) in [7, 11) is 0. The molecule has 0 fully saturated rings. The van der Waals surface area contributed by atoms with E-state index in [0.29, 0.717) is 0 Å². The average molecular weight is 1500 g/mol. The van der Waals surface area contributed by atoms with Gasteiger partial charge < -0.3 is 32.0 Å². The highest BCUT2D eigenvalue weighted by atomic mass is 15.2. The molecule has 0 unspecified atom stereocenters. The Hall–Kier alpha value is -16.0. The van der Waals surface area contributed by atoms with E-state index in [9.17, 15) is 0 Å². The van der Waals surface area contributed by atoms with E-state index >= 15 is 0 Å². The second kappa shape index (κ2) is 24.8. The molecule has 0 saturated carbocycles. The van der Waals surface area contributed by atoms with Gasteiger partial charge in [0, 0.05) is 86.8 Å². The molecule has 8 aromatic heterocycles. The maximum Gasteiger partial charge on any atom is 0.101 e. The SMILES string of the molecule is c1ccc(-n2c3ccccc3c3cc(-c4ccc5c(c4)c4cc(-c6ccc7c(c6)c6ccccc6n7-c6ccccc6)ccc4n5-c4c(-n5c6ccccc6c6ccccc65)c(-n5c6ccccc6c6ccccc65)c(-n5cnc6ccccc65)c(-n5c6ccccc6c6ccccc65)c4-n4c5ccccc5c5ccccc54)ccc32)cc1. The van der Waals surface area contributed by atoms with Crippen LogP contribution in [0.4, 0.5) is 0 Å². The topological polar surface area (TPSA) is 52.3 Å². The van der Waals surface area contributed by atoms with Crippen molar-refractivity contribution in [3.8, 4) is 67.8 Å². The molecule has 0 aliphatic carbocycles. The number of imidazole rings is 1. The Bertz CT molecular complexity index is 8090. The standard InChI is InChI=1S/C109H67N9/c1-3-29-72(30-4-1)112-89-44-18-15-41-82(89)84-63-68(55-59-99(84)112)70-57-61-101-86(65-70)87-66-71(69-56-60-100-85(64-69)83-42-16-19-45-90(83)113(100)73-31-5-2-6-32-73)58-62-102(87)118(101)109-107(116-95-50-24-11-37-78(95)79-38-12-25-51-96(79)116)105(114-91-46-20-7-33-74(91)75-34-8-21-47-92(75)114)104(111-67-110-88-43-17-28-54-103(88)111)106(115-93-48-22-9-35-76(93)77-36-10-23-49-94(77)115)108(109)117-97-52-26-13-39-80(97)81-40-14-27-53-98(81)117/h1-67H. The molecule has 0 bridgehead atoms. The van der Waals surface area contributed by atoms with E-state index in [1.807, 2.05) is 0 Å². The molecule has 9 nitrogen and oxygen atoms in total. The first kappa shape index (κ1) is 64.5. The van der Waals surface area contributed by atoms with E-state index in [-0.39, 0.29) is 0 Å². The van der Waals surface area contributed by atoms with Crippen molar-refractivity contribution >= 4 is 164 Å². The van der Waals surface area contributed by atoms with Gasteiger partial charge in [0.15, 0.2) is 0 Å². The minimum atomic E-state index is 0.876. The zero-order valence-electron chi connectivity index (χ0n) is 63.7. The van der Waals surface area contributed by atoms with Gasteiger partial charge in [-0.1, -0.05) is 255 Å². The summed E-state index contributed by atoms with van der Waals surface area (Å²) in [6.07, 6.45) is 2.09. The third-order valence-corrected chi connectivity index (χ3v) is 25.3. The summed E-state index contributed by atoms with van der Waals surface area (Å²) in [5, 5.41) is 16.1. The van der Waals surface area contributed by atoms with Gasteiger partial charge in [-0.05, 0) is 168 Å². The van der Waals surface area contributed by atoms with Crippen molar-refractivity contribution in [1.82, 2.24) is 41.5 Å². The van der Waals surface area contributed by atoms with Crippen LogP contribution in [0, 0.1) is 0 Å². The van der Waals surface area contributed by atoms with Crippen LogP contribution in [0.25, 0.3) is 231 Å². The zero-order chi connectivity index (χ0) is 77.0. The number of para-hydroxylation sites is 14. The molecule has 0 aliphatic heterocycles. The quantitative estimate of drug-likeness (QED) is 0.135. The summed E-state index contributed by atoms with van der Waals surface area (Å²) < 4.78 is 20.4. The number of aromatic nitrogens is 9. The smallest absolute Gasteiger partial charge is 0.101 e. The van der Waals surface area contributed by atoms with E-state index in [4.69, 9.17) is 4.98 Å². The monoisotopic (exact) mass is 1500 g/mol. The summed E-state index contributed by atoms with van der Waals surface area (Å²) in [5.74, 6) is 0. The van der Waals surface area contributed by atoms with Crippen LogP contribution in [0.3, 0.4) is 0 Å². The molecule has 18 aromatic carbocycles. The Labute approximate surface area is 675 Å². The first-order valence-electron chi connectivity index (χ1n) is 40.5. The summed E-state index contributed by atoms with van der Waals surface area (Å²) in [5.41, 5.74) is 29.5. The molecule has 0 amide bonds. The molecule has 0 atom stereocenters. The molecule has 0 saturated heterocycles. The van der Waals surface area contributed by atoms with Gasteiger partial charge in [0.1, 0.15) is 6.33 Å². The van der Waals surface area contributed by atoms with E-state index in [2.05, 4.69) is 443 Å². The maximum atomic E-state index is 5.51. The summed E-state index contributed by atoms with van der Waals surface area (Å²) in [6.45, 7) is 0. The summed E-state index contributed by atoms with van der Waals surface area (Å²) in [6, 6.07) is 149. The molecule has 548 valence electrons. The first-order chi connectivity index (χ1) is 58.6. The van der Waals surface area contributed by atoms with Crippen molar-refractivity contribution in [3.05, 3.63) is 407 Å². The largest absolute Gasteiger partial charge is 0.309 e. The minimum Gasteiger partial charge on any atom is -0.309 e. The molecule has 8 heterocycles. The van der Waals surface area contributed by atoms with Crippen LogP contribution in [0.15, 0.2) is 407 Å². The van der Waals surface area contributed by atoms with Crippen LogP contribution in [-0.2, 0) is 0 Å². The predicted molar refractivity (Wildman–Crippen MR) is 492 cm³/mol. The van der Waals surface area contributed by atoms with Crippen molar-refractivity contribution in [2.75, 3.05) is 0 Å². The van der Waals surface area contributed by atoms with Gasteiger partial charge in [-0.25, -0.2) is 4.98 Å². The minimum absolute atomic E-state index is 0.876. The van der Waals surface area contributed by atoms with Crippen LogP contribution < -0.4 is 0 Å². The fourth-order valence-corrected chi connectivity index (χ4v) is 20.4. The number of hydrogen-bond donors (Lipinski definition) is 0. The highest BCUT2D eigenvalue weighted by Crippen LogP contribution is 2.55. The Morgan fingerprint density at radius 1 is 0.144 bits per heavy atom. The second-order valence-electron chi connectivity index (χ2n) is 31.3. The first-order valence-corrected chi connectivity index (χ1v) is 40.5. The molecule has 26 rings (SSSR count). The molecule has 9 heteroatoms. The van der Waals surface area contributed by atoms with E-state index < -0.39 is 0 Å². The van der Waals surface area contributed by atoms with Crippen molar-refractivity contribution in [2.45, 2.75) is 0 Å². The fourth-order valence-electron chi connectivity index (χ4n) is 20.4. The van der Waals surface area contributed by atoms with E-state index in [0.717, 1.165) is 199 Å². The van der Waals surface area contributed by atoms with E-state index in [1.54, 1.807) is 0 Å². The van der Waals surface area contributed by atoms with Crippen LogP contribution in [0.1, 0.15) is 0 Å². The van der Waals surface area contributed by atoms with Crippen LogP contribution in [-0.4, -0.2) is 41.5 Å². The molecular weight excluding hydrogens is 1440 g/mol. The molecule has 0 aliphatic rings. The number of fused-ring (bicyclic) bond motifs is 22. The molecular formula is C109H67N9. The molecule has 118 heavy (non-hydrogen) atoms. The third-order valence-electron chi connectivity index (χ3n) is 25.3. The number of hydrogen-bond acceptors (Lipinski definition) is 1. The Morgan fingerprint density at radius 3 is 0.619 bits per heavy atom. The molecule has 0 N–H and O–H groups in total. The molecule has 0 spiro atoms. The number of benzene rings is 18. The van der Waals surface area contributed by atoms with Gasteiger partial charge >= 0.3 is 0 Å². The fraction of sp³-hybridized carbons (Fsp3) is 0.